The van der Waals surface area contributed by atoms with E-state index in [1.807, 2.05) is 77.7 Å². The smallest absolute Gasteiger partial charge is 0.337 e. The van der Waals surface area contributed by atoms with Crippen molar-refractivity contribution in [3.63, 3.8) is 0 Å². The van der Waals surface area contributed by atoms with E-state index < -0.39 is 0 Å². The number of phenols is 1. The Bertz CT molecular complexity index is 1700. The Labute approximate surface area is 244 Å². The number of ether oxygens (including phenoxy) is 1. The first-order valence-corrected chi connectivity index (χ1v) is 14.0. The summed E-state index contributed by atoms with van der Waals surface area (Å²) in [6, 6.07) is 24.9. The van der Waals surface area contributed by atoms with Crippen LogP contribution in [-0.2, 0) is 22.5 Å². The van der Waals surface area contributed by atoms with Crippen LogP contribution in [0.25, 0.3) is 33.3 Å². The fraction of sp³-hybridized carbons (Fsp3) is 0.206. The largest absolute Gasteiger partial charge is 0.507 e. The molecule has 8 nitrogen and oxygen atoms in total. The molecule has 0 bridgehead atoms. The van der Waals surface area contributed by atoms with Crippen LogP contribution in [0, 0.1) is 0 Å². The number of pyridine rings is 1. The number of rotatable bonds is 7. The summed E-state index contributed by atoms with van der Waals surface area (Å²) in [6.45, 7) is 3.60. The van der Waals surface area contributed by atoms with Gasteiger partial charge in [0.2, 0.25) is 5.91 Å². The molecule has 0 radical (unpaired) electrons. The number of esters is 1. The maximum absolute atomic E-state index is 13.1. The first-order chi connectivity index (χ1) is 20.5. The molecule has 0 saturated carbocycles. The minimum absolute atomic E-state index is 0.105. The molecule has 3 heterocycles. The third kappa shape index (κ3) is 5.75. The average molecular weight is 561 g/mol. The van der Waals surface area contributed by atoms with Gasteiger partial charge in [0.05, 0.1) is 24.8 Å². The predicted octanol–water partition coefficient (Wildman–Crippen LogP) is 5.28. The number of benzene rings is 3. The maximum Gasteiger partial charge on any atom is 0.337 e. The van der Waals surface area contributed by atoms with E-state index in [-0.39, 0.29) is 17.6 Å². The zero-order valence-electron chi connectivity index (χ0n) is 23.4. The van der Waals surface area contributed by atoms with Gasteiger partial charge in [0.25, 0.3) is 0 Å². The number of fused-ring (bicyclic) bond motifs is 1. The topological polar surface area (TPSA) is 98.8 Å². The summed E-state index contributed by atoms with van der Waals surface area (Å²) in [6.07, 6.45) is 3.86. The van der Waals surface area contributed by atoms with Gasteiger partial charge in [-0.15, -0.1) is 0 Å². The fourth-order valence-corrected chi connectivity index (χ4v) is 5.53. The molecule has 1 aliphatic heterocycles. The van der Waals surface area contributed by atoms with Crippen molar-refractivity contribution in [2.75, 3.05) is 33.3 Å². The Morgan fingerprint density at radius 2 is 1.67 bits per heavy atom. The molecule has 1 amide bonds. The number of nitrogens with zero attached hydrogens (tertiary/aromatic N) is 3. The number of hydrogen-bond donors (Lipinski definition) is 2. The van der Waals surface area contributed by atoms with Crippen LogP contribution in [0.2, 0.25) is 0 Å². The number of carbonyl (C=O) groups excluding carboxylic acids is 2. The first-order valence-electron chi connectivity index (χ1n) is 14.0. The van der Waals surface area contributed by atoms with Gasteiger partial charge in [-0.2, -0.15) is 0 Å². The van der Waals surface area contributed by atoms with Crippen molar-refractivity contribution < 1.29 is 19.4 Å². The highest BCUT2D eigenvalue weighted by atomic mass is 16.5. The van der Waals surface area contributed by atoms with Gasteiger partial charge >= 0.3 is 5.97 Å². The van der Waals surface area contributed by atoms with Crippen molar-refractivity contribution in [2.45, 2.75) is 13.0 Å². The molecule has 1 aliphatic rings. The number of hydrogen-bond acceptors (Lipinski definition) is 6. The summed E-state index contributed by atoms with van der Waals surface area (Å²) in [5.41, 5.74) is 6.66. The van der Waals surface area contributed by atoms with Gasteiger partial charge in [0.1, 0.15) is 5.75 Å². The highest BCUT2D eigenvalue weighted by molar-refractivity contribution is 5.90. The highest BCUT2D eigenvalue weighted by Gasteiger charge is 2.22. The Kier molecular flexibility index (Phi) is 7.70. The van der Waals surface area contributed by atoms with Crippen molar-refractivity contribution in [3.8, 4) is 28.1 Å². The third-order valence-electron chi connectivity index (χ3n) is 7.85. The molecule has 6 rings (SSSR count). The molecule has 8 heteroatoms. The lowest BCUT2D eigenvalue weighted by Gasteiger charge is -2.35. The Hall–Kier alpha value is -4.95. The van der Waals surface area contributed by atoms with Gasteiger partial charge in [0, 0.05) is 67.1 Å². The normalized spacial score (nSPS) is 13.8. The number of amides is 1. The Balaban J connectivity index is 1.06. The van der Waals surface area contributed by atoms with E-state index in [2.05, 4.69) is 14.9 Å². The lowest BCUT2D eigenvalue weighted by molar-refractivity contribution is -0.132. The molecule has 3 aromatic carbocycles. The number of piperazine rings is 1. The van der Waals surface area contributed by atoms with Crippen LogP contribution in [0.15, 0.2) is 91.3 Å². The van der Waals surface area contributed by atoms with Gasteiger partial charge in [0.15, 0.2) is 0 Å². The quantitative estimate of drug-likeness (QED) is 0.263. The van der Waals surface area contributed by atoms with E-state index in [0.717, 1.165) is 64.0 Å². The molecule has 1 saturated heterocycles. The molecule has 5 aromatic rings. The van der Waals surface area contributed by atoms with Gasteiger partial charge in [-0.05, 0) is 47.0 Å². The van der Waals surface area contributed by atoms with Gasteiger partial charge in [-0.25, -0.2) is 4.79 Å². The minimum atomic E-state index is -0.339. The molecule has 2 aromatic heterocycles. The lowest BCUT2D eigenvalue weighted by atomic mass is 9.98. The van der Waals surface area contributed by atoms with Crippen LogP contribution in [0.3, 0.4) is 0 Å². The summed E-state index contributed by atoms with van der Waals surface area (Å²) < 4.78 is 4.82. The second-order valence-corrected chi connectivity index (χ2v) is 10.6. The van der Waals surface area contributed by atoms with Crippen LogP contribution in [0.4, 0.5) is 0 Å². The molecule has 212 valence electrons. The van der Waals surface area contributed by atoms with Crippen LogP contribution in [-0.4, -0.2) is 70.0 Å². The Morgan fingerprint density at radius 3 is 2.43 bits per heavy atom. The number of H-pyrrole nitrogens is 1. The molecule has 0 spiro atoms. The number of phenolic OH excluding ortho intramolecular Hbond substituents is 1. The number of methoxy groups -OCH3 is 1. The number of carbonyl (C=O) groups is 2. The van der Waals surface area contributed by atoms with E-state index in [9.17, 15) is 14.7 Å². The van der Waals surface area contributed by atoms with Crippen molar-refractivity contribution in [3.05, 3.63) is 108 Å². The summed E-state index contributed by atoms with van der Waals surface area (Å²) in [7, 11) is 1.38. The van der Waals surface area contributed by atoms with Gasteiger partial charge in [-0.1, -0.05) is 48.5 Å². The fourth-order valence-electron chi connectivity index (χ4n) is 5.53. The van der Waals surface area contributed by atoms with Crippen LogP contribution < -0.4 is 0 Å². The van der Waals surface area contributed by atoms with Crippen LogP contribution in [0.1, 0.15) is 21.5 Å². The molecule has 0 unspecified atom stereocenters. The van der Waals surface area contributed by atoms with E-state index in [4.69, 9.17) is 4.74 Å². The van der Waals surface area contributed by atoms with E-state index in [0.29, 0.717) is 25.1 Å². The zero-order chi connectivity index (χ0) is 29.1. The molecule has 0 atom stereocenters. The SMILES string of the molecule is COC(=O)c1cccc(CN2CCN(C(=O)Cc3ccc(-c4cccc(-c5cc6cnccc6[nH]5)c4O)cc3)CC2)c1. The van der Waals surface area contributed by atoms with E-state index in [1.165, 1.54) is 7.11 Å². The lowest BCUT2D eigenvalue weighted by Crippen LogP contribution is -2.48. The number of aromatic hydroxyl groups is 1. The van der Waals surface area contributed by atoms with Crippen molar-refractivity contribution >= 4 is 22.8 Å². The number of aromatic amines is 1. The second kappa shape index (κ2) is 11.9. The first kappa shape index (κ1) is 27.2. The van der Waals surface area contributed by atoms with E-state index >= 15 is 0 Å². The van der Waals surface area contributed by atoms with Crippen molar-refractivity contribution in [2.24, 2.45) is 0 Å². The summed E-state index contributed by atoms with van der Waals surface area (Å²) >= 11 is 0. The average Bonchev–Trinajstić information content (AvgIpc) is 3.46. The predicted molar refractivity (Wildman–Crippen MR) is 162 cm³/mol. The number of para-hydroxylation sites is 1. The zero-order valence-corrected chi connectivity index (χ0v) is 23.4. The molecule has 2 N–H and O–H groups in total. The van der Waals surface area contributed by atoms with Gasteiger partial charge < -0.3 is 19.7 Å². The maximum atomic E-state index is 13.1. The standard InChI is InChI=1S/C34H32N4O4/c1-42-34(41)26-5-2-4-24(18-26)22-37-14-16-38(17-15-37)32(39)19-23-8-10-25(11-9-23)28-6-3-7-29(33(28)40)31-20-27-21-35-13-12-30(27)36-31/h2-13,18,20-21,36,40H,14-17,19,22H2,1H3. The molecular weight excluding hydrogens is 528 g/mol. The summed E-state index contributed by atoms with van der Waals surface area (Å²) in [5, 5.41) is 12.1. The third-order valence-corrected chi connectivity index (χ3v) is 7.85. The Morgan fingerprint density at radius 1 is 0.905 bits per heavy atom. The second-order valence-electron chi connectivity index (χ2n) is 10.6. The minimum Gasteiger partial charge on any atom is -0.507 e. The molecule has 42 heavy (non-hydrogen) atoms. The number of nitrogens with one attached hydrogen (secondary N) is 1. The van der Waals surface area contributed by atoms with Crippen molar-refractivity contribution in [1.29, 1.82) is 0 Å². The van der Waals surface area contributed by atoms with Crippen molar-refractivity contribution in [1.82, 2.24) is 19.8 Å². The number of aromatic nitrogens is 2. The highest BCUT2D eigenvalue weighted by Crippen LogP contribution is 2.38. The monoisotopic (exact) mass is 560 g/mol. The molecular formula is C34H32N4O4. The van der Waals surface area contributed by atoms with E-state index in [1.54, 1.807) is 18.5 Å². The molecule has 1 fully saturated rings. The summed E-state index contributed by atoms with van der Waals surface area (Å²) in [5.74, 6) is -0.0297. The summed E-state index contributed by atoms with van der Waals surface area (Å²) in [4.78, 5) is 36.6. The van der Waals surface area contributed by atoms with Gasteiger partial charge in [-0.3, -0.25) is 14.7 Å². The van der Waals surface area contributed by atoms with Crippen LogP contribution >= 0.6 is 0 Å². The van der Waals surface area contributed by atoms with Crippen LogP contribution in [0.5, 0.6) is 5.75 Å². The molecule has 0 aliphatic carbocycles.